The third-order valence-electron chi connectivity index (χ3n) is 4.50. The second kappa shape index (κ2) is 9.99. The number of carbonyl (C=O) groups is 2. The summed E-state index contributed by atoms with van der Waals surface area (Å²) in [5.41, 5.74) is 1.02. The number of hydrogen-bond acceptors (Lipinski definition) is 5. The Kier molecular flexibility index (Phi) is 7.98. The molecule has 1 aromatic rings. The van der Waals surface area contributed by atoms with Crippen molar-refractivity contribution < 1.29 is 14.3 Å². The molecule has 0 spiro atoms. The first-order valence-electron chi connectivity index (χ1n) is 9.32. The number of ether oxygens (including phenoxy) is 1. The predicted molar refractivity (Wildman–Crippen MR) is 110 cm³/mol. The summed E-state index contributed by atoms with van der Waals surface area (Å²) in [6, 6.07) is 7.27. The van der Waals surface area contributed by atoms with E-state index < -0.39 is 6.04 Å². The van der Waals surface area contributed by atoms with Gasteiger partial charge in [-0.25, -0.2) is 0 Å². The van der Waals surface area contributed by atoms with Gasteiger partial charge >= 0.3 is 0 Å². The van der Waals surface area contributed by atoms with Gasteiger partial charge in [0.1, 0.15) is 17.2 Å². The number of nitrogens with zero attached hydrogens (tertiary/aromatic N) is 2. The van der Waals surface area contributed by atoms with Gasteiger partial charge in [0, 0.05) is 13.1 Å². The van der Waals surface area contributed by atoms with Crippen molar-refractivity contribution in [2.75, 3.05) is 40.0 Å². The molecule has 0 aliphatic carbocycles. The van der Waals surface area contributed by atoms with Crippen LogP contribution in [-0.4, -0.2) is 67.7 Å². The number of carbonyl (C=O) groups excluding carboxylic acids is 2. The van der Waals surface area contributed by atoms with Crippen molar-refractivity contribution in [3.63, 3.8) is 0 Å². The van der Waals surface area contributed by atoms with E-state index in [0.29, 0.717) is 24.6 Å². The maximum Gasteiger partial charge on any atom is 0.242 e. The summed E-state index contributed by atoms with van der Waals surface area (Å²) in [6.45, 7) is 5.50. The fourth-order valence-electron chi connectivity index (χ4n) is 3.11. The van der Waals surface area contributed by atoms with Gasteiger partial charge in [-0.05, 0) is 44.1 Å². The smallest absolute Gasteiger partial charge is 0.242 e. The minimum atomic E-state index is -0.457. The fourth-order valence-corrected chi connectivity index (χ4v) is 4.34. The zero-order valence-corrected chi connectivity index (χ0v) is 17.7. The molecular weight excluding hydrogens is 362 g/mol. The van der Waals surface area contributed by atoms with Crippen LogP contribution in [0.15, 0.2) is 24.3 Å². The highest BCUT2D eigenvalue weighted by Gasteiger charge is 2.40. The molecule has 2 amide bonds. The third kappa shape index (κ3) is 5.87. The molecule has 0 bridgehead atoms. The van der Waals surface area contributed by atoms with Crippen LogP contribution in [0.1, 0.15) is 31.2 Å². The summed E-state index contributed by atoms with van der Waals surface area (Å²) < 4.78 is 5.23. The number of hydrogen-bond donors (Lipinski definition) is 1. The lowest BCUT2D eigenvalue weighted by Crippen LogP contribution is -2.50. The quantitative estimate of drug-likeness (QED) is 0.698. The second-order valence-electron chi connectivity index (χ2n) is 7.48. The standard InChI is InChI=1S/C20H31N3O3S/c1-14(2)12-17(19(25)21-10-11-22(3)4)23-18(24)13-27-20(23)15-6-8-16(26-5)9-7-15/h6-9,14,17,20H,10-13H2,1-5H3,(H,21,25). The number of nitrogens with one attached hydrogen (secondary N) is 1. The van der Waals surface area contributed by atoms with Crippen molar-refractivity contribution in [2.24, 2.45) is 5.92 Å². The molecule has 0 saturated carbocycles. The fraction of sp³-hybridized carbons (Fsp3) is 0.600. The van der Waals surface area contributed by atoms with Gasteiger partial charge in [-0.15, -0.1) is 11.8 Å². The lowest BCUT2D eigenvalue weighted by Gasteiger charge is -2.33. The number of benzene rings is 1. The first kappa shape index (κ1) is 21.6. The summed E-state index contributed by atoms with van der Waals surface area (Å²) in [5, 5.41) is 2.86. The van der Waals surface area contributed by atoms with Gasteiger partial charge in [0.25, 0.3) is 0 Å². The zero-order chi connectivity index (χ0) is 20.0. The van der Waals surface area contributed by atoms with Gasteiger partial charge < -0.3 is 19.9 Å². The molecule has 27 heavy (non-hydrogen) atoms. The van der Waals surface area contributed by atoms with Gasteiger partial charge in [0.15, 0.2) is 0 Å². The molecule has 6 nitrogen and oxygen atoms in total. The Bertz CT molecular complexity index is 634. The van der Waals surface area contributed by atoms with Gasteiger partial charge in [-0.2, -0.15) is 0 Å². The highest BCUT2D eigenvalue weighted by molar-refractivity contribution is 8.00. The monoisotopic (exact) mass is 393 g/mol. The van der Waals surface area contributed by atoms with E-state index >= 15 is 0 Å². The average Bonchev–Trinajstić information content (AvgIpc) is 3.00. The molecule has 1 aliphatic heterocycles. The van der Waals surface area contributed by atoms with E-state index in [9.17, 15) is 9.59 Å². The highest BCUT2D eigenvalue weighted by atomic mass is 32.2. The maximum absolute atomic E-state index is 12.9. The minimum absolute atomic E-state index is 0.0224. The third-order valence-corrected chi connectivity index (χ3v) is 5.73. The molecule has 1 aromatic carbocycles. The molecule has 2 unspecified atom stereocenters. The van der Waals surface area contributed by atoms with Crippen molar-refractivity contribution in [2.45, 2.75) is 31.7 Å². The molecule has 2 atom stereocenters. The summed E-state index contributed by atoms with van der Waals surface area (Å²) in [6.07, 6.45) is 0.646. The normalized spacial score (nSPS) is 18.3. The number of methoxy groups -OCH3 is 1. The second-order valence-corrected chi connectivity index (χ2v) is 8.55. The Labute approximate surface area is 166 Å². The molecule has 7 heteroatoms. The van der Waals surface area contributed by atoms with Crippen molar-refractivity contribution in [3.05, 3.63) is 29.8 Å². The van der Waals surface area contributed by atoms with E-state index in [4.69, 9.17) is 4.74 Å². The van der Waals surface area contributed by atoms with Crippen LogP contribution in [0.3, 0.4) is 0 Å². The maximum atomic E-state index is 12.9. The molecule has 1 heterocycles. The summed E-state index contributed by atoms with van der Waals surface area (Å²) >= 11 is 1.57. The molecular formula is C20H31N3O3S. The number of likely N-dealkylation sites (N-methyl/N-ethyl adjacent to an activating group) is 1. The van der Waals surface area contributed by atoms with E-state index in [0.717, 1.165) is 17.9 Å². The van der Waals surface area contributed by atoms with Crippen LogP contribution in [0.5, 0.6) is 5.75 Å². The Morgan fingerprint density at radius 2 is 2.00 bits per heavy atom. The molecule has 1 N–H and O–H groups in total. The average molecular weight is 394 g/mol. The topological polar surface area (TPSA) is 61.9 Å². The zero-order valence-electron chi connectivity index (χ0n) is 16.9. The Hall–Kier alpha value is -1.73. The van der Waals surface area contributed by atoms with Gasteiger partial charge in [-0.3, -0.25) is 9.59 Å². The molecule has 150 valence electrons. The molecule has 0 radical (unpaired) electrons. The van der Waals surface area contributed by atoms with Gasteiger partial charge in [-0.1, -0.05) is 26.0 Å². The van der Waals surface area contributed by atoms with Crippen LogP contribution in [0.25, 0.3) is 0 Å². The van der Waals surface area contributed by atoms with Crippen LogP contribution >= 0.6 is 11.8 Å². The van der Waals surface area contributed by atoms with E-state index in [1.54, 1.807) is 23.8 Å². The molecule has 1 aliphatic rings. The Morgan fingerprint density at radius 3 is 2.56 bits per heavy atom. The van der Waals surface area contributed by atoms with Crippen LogP contribution in [0.4, 0.5) is 0 Å². The largest absolute Gasteiger partial charge is 0.497 e. The van der Waals surface area contributed by atoms with E-state index in [1.165, 1.54) is 0 Å². The summed E-state index contributed by atoms with van der Waals surface area (Å²) in [5.74, 6) is 1.44. The number of amides is 2. The lowest BCUT2D eigenvalue weighted by molar-refractivity contribution is -0.139. The molecule has 1 fully saturated rings. The minimum Gasteiger partial charge on any atom is -0.497 e. The number of thioether (sulfide) groups is 1. The van der Waals surface area contributed by atoms with Gasteiger partial charge in [0.05, 0.1) is 12.9 Å². The molecule has 1 saturated heterocycles. The predicted octanol–water partition coefficient (Wildman–Crippen LogP) is 2.36. The Morgan fingerprint density at radius 1 is 1.33 bits per heavy atom. The van der Waals surface area contributed by atoms with Gasteiger partial charge in [0.2, 0.25) is 11.8 Å². The lowest BCUT2D eigenvalue weighted by atomic mass is 10.0. The van der Waals surface area contributed by atoms with Crippen molar-refractivity contribution in [3.8, 4) is 5.75 Å². The number of rotatable bonds is 9. The summed E-state index contributed by atoms with van der Waals surface area (Å²) in [7, 11) is 5.57. The highest BCUT2D eigenvalue weighted by Crippen LogP contribution is 2.41. The molecule has 2 rings (SSSR count). The van der Waals surface area contributed by atoms with Crippen LogP contribution in [0.2, 0.25) is 0 Å². The van der Waals surface area contributed by atoms with E-state index in [-0.39, 0.29) is 17.2 Å². The Balaban J connectivity index is 2.21. The van der Waals surface area contributed by atoms with Crippen LogP contribution < -0.4 is 10.1 Å². The first-order chi connectivity index (χ1) is 12.8. The summed E-state index contributed by atoms with van der Waals surface area (Å²) in [4.78, 5) is 29.4. The first-order valence-corrected chi connectivity index (χ1v) is 10.4. The van der Waals surface area contributed by atoms with E-state index in [2.05, 4.69) is 19.2 Å². The van der Waals surface area contributed by atoms with Crippen LogP contribution in [0, 0.1) is 5.92 Å². The van der Waals surface area contributed by atoms with Crippen molar-refractivity contribution >= 4 is 23.6 Å². The van der Waals surface area contributed by atoms with Crippen molar-refractivity contribution in [1.29, 1.82) is 0 Å². The van der Waals surface area contributed by atoms with Crippen LogP contribution in [-0.2, 0) is 9.59 Å². The van der Waals surface area contributed by atoms with Crippen molar-refractivity contribution in [1.82, 2.24) is 15.1 Å². The van der Waals surface area contributed by atoms with E-state index in [1.807, 2.05) is 43.3 Å². The molecule has 0 aromatic heterocycles. The SMILES string of the molecule is COc1ccc(C2SCC(=O)N2C(CC(C)C)C(=O)NCCN(C)C)cc1.